The molecule has 0 saturated carbocycles. The van der Waals surface area contributed by atoms with Crippen LogP contribution in [0.3, 0.4) is 0 Å². The number of thioether (sulfide) groups is 1. The molecule has 0 amide bonds. The third-order valence-electron chi connectivity index (χ3n) is 8.70. The molecule has 35 heteroatoms. The maximum Gasteiger partial charge on any atom is 0.460 e. The van der Waals surface area contributed by atoms with Gasteiger partial charge in [-0.3, -0.25) is 0 Å². The average Bonchev–Trinajstić information content (AvgIpc) is 3.99. The van der Waals surface area contributed by atoms with Gasteiger partial charge < -0.3 is 0 Å². The lowest BCUT2D eigenvalue weighted by Crippen LogP contribution is -2.72. The molecule has 0 atom stereocenters. The van der Waals surface area contributed by atoms with Crippen molar-refractivity contribution in [3.8, 4) is 29.3 Å². The minimum atomic E-state index is -8.67. The lowest BCUT2D eigenvalue weighted by Gasteiger charge is -2.41. The quantitative estimate of drug-likeness (QED) is 0.0796. The van der Waals surface area contributed by atoms with E-state index in [0.717, 1.165) is 0 Å². The van der Waals surface area contributed by atoms with E-state index in [-0.39, 0.29) is 51.8 Å². The molecule has 0 aromatic carbocycles. The summed E-state index contributed by atoms with van der Waals surface area (Å²) in [6.07, 6.45) is -16.7. The van der Waals surface area contributed by atoms with Gasteiger partial charge in [-0.2, -0.15) is 132 Å². The highest BCUT2D eigenvalue weighted by molar-refractivity contribution is 8.00. The lowest BCUT2D eigenvalue weighted by molar-refractivity contribution is -0.453. The molecule has 0 nitrogen and oxygen atoms in total. The van der Waals surface area contributed by atoms with E-state index in [1.807, 2.05) is 0 Å². The standard InChI is InChI=1S/C31H10F30S5/c1-62-15-8-10(19(34,35)21(38,39)23(42,43)25(46,47)27(50,51)29(54,55)31(59,60)61)17(66-15)14-5-3-12(65-14)11-2-4-13(64-11)16-9(6-7-63-16)18(32,33)20(36,37)22(40,41)24(44,45)26(48,49)28(52,53)30(56,57)58/h2-8H,1H3/i1T,7T. The van der Waals surface area contributed by atoms with Crippen LogP contribution in [0.5, 0.6) is 0 Å². The van der Waals surface area contributed by atoms with Gasteiger partial charge in [-0.15, -0.1) is 57.1 Å². The van der Waals surface area contributed by atoms with E-state index in [1.54, 1.807) is 0 Å². The van der Waals surface area contributed by atoms with Crippen molar-refractivity contribution in [3.63, 3.8) is 0 Å². The third kappa shape index (κ3) is 7.52. The summed E-state index contributed by atoms with van der Waals surface area (Å²) in [4.78, 5) is -5.93. The van der Waals surface area contributed by atoms with Crippen LogP contribution >= 0.6 is 57.1 Å². The molecule has 0 N–H and O–H groups in total. The van der Waals surface area contributed by atoms with Crippen LogP contribution in [0.2, 0.25) is 0 Å². The first-order valence-electron chi connectivity index (χ1n) is 16.7. The maximum absolute atomic E-state index is 15.5. The highest BCUT2D eigenvalue weighted by Gasteiger charge is 2.95. The van der Waals surface area contributed by atoms with Crippen LogP contribution in [0.25, 0.3) is 29.3 Å². The zero-order valence-corrected chi connectivity index (χ0v) is 33.6. The highest BCUT2D eigenvalue weighted by Crippen LogP contribution is 2.67. The van der Waals surface area contributed by atoms with Crippen molar-refractivity contribution in [2.45, 2.75) is 87.6 Å². The van der Waals surface area contributed by atoms with Crippen LogP contribution < -0.4 is 0 Å². The minimum Gasteiger partial charge on any atom is -0.194 e. The van der Waals surface area contributed by atoms with E-state index in [4.69, 9.17) is 2.74 Å². The second-order valence-electron chi connectivity index (χ2n) is 12.8. The smallest absolute Gasteiger partial charge is 0.194 e. The molecule has 374 valence electrons. The Morgan fingerprint density at radius 2 is 0.697 bits per heavy atom. The van der Waals surface area contributed by atoms with E-state index >= 15 is 17.6 Å². The second kappa shape index (κ2) is 16.0. The number of hydrogen-bond donors (Lipinski definition) is 0. The first kappa shape index (κ1) is 52.4. The predicted octanol–water partition coefficient (Wildman–Crippen LogP) is 17.3. The molecule has 4 aromatic rings. The predicted molar refractivity (Wildman–Crippen MR) is 175 cm³/mol. The van der Waals surface area contributed by atoms with E-state index in [9.17, 15) is 114 Å². The van der Waals surface area contributed by atoms with Crippen LogP contribution in [0, 0.1) is 0 Å². The maximum atomic E-state index is 15.5. The Hall–Kier alpha value is -2.95. The lowest BCUT2D eigenvalue weighted by atomic mass is 9.88. The monoisotopic (exact) mass is 1120 g/mol. The van der Waals surface area contributed by atoms with E-state index in [0.29, 0.717) is 24.3 Å². The first-order chi connectivity index (χ1) is 30.0. The van der Waals surface area contributed by atoms with Crippen molar-refractivity contribution >= 4 is 57.1 Å². The zero-order chi connectivity index (χ0) is 53.3. The Morgan fingerprint density at radius 3 is 1.06 bits per heavy atom. The SMILES string of the molecule is [3H]CSc1cc(C(F)(F)C(F)(F)C(F)(F)C(F)(F)C(F)(F)C(F)(F)C(F)(F)F)c(-c2ccc(-c3ccc(-c4sc([3H])cc4C(F)(F)C(F)(F)C(F)(F)C(F)(F)C(F)(F)C(F)(F)C(F)(F)F)s3)s2)s1. The van der Waals surface area contributed by atoms with Crippen LogP contribution in [0.1, 0.15) is 13.9 Å². The van der Waals surface area contributed by atoms with Gasteiger partial charge in [-0.25, -0.2) is 0 Å². The molecule has 0 aliphatic carbocycles. The fourth-order valence-corrected chi connectivity index (χ4v) is 9.80. The molecule has 0 fully saturated rings. The topological polar surface area (TPSA) is 0 Å². The molecule has 0 saturated heterocycles. The summed E-state index contributed by atoms with van der Waals surface area (Å²) in [7, 11) is 0. The molecule has 0 spiro atoms. The average molecular weight is 1120 g/mol. The Balaban J connectivity index is 1.81. The van der Waals surface area contributed by atoms with Gasteiger partial charge in [0, 0.05) is 32.0 Å². The van der Waals surface area contributed by atoms with Crippen molar-refractivity contribution < 1.29 is 134 Å². The summed E-state index contributed by atoms with van der Waals surface area (Å²) in [5, 5.41) is -1.40. The third-order valence-corrected chi connectivity index (χ3v) is 14.2. The largest absolute Gasteiger partial charge is 0.460 e. The molecular weight excluding hydrogens is 1100 g/mol. The van der Waals surface area contributed by atoms with Gasteiger partial charge in [-0.05, 0) is 48.0 Å². The molecular formula is C31H10F30S5. The van der Waals surface area contributed by atoms with Crippen molar-refractivity contribution in [2.75, 3.05) is 6.23 Å². The molecule has 4 heterocycles. The summed E-state index contributed by atoms with van der Waals surface area (Å²) < 4.78 is 433. The number of halogens is 30. The number of rotatable bonds is 16. The van der Waals surface area contributed by atoms with Crippen molar-refractivity contribution in [2.24, 2.45) is 0 Å². The molecule has 0 bridgehead atoms. The van der Waals surface area contributed by atoms with Crippen molar-refractivity contribution in [1.82, 2.24) is 0 Å². The van der Waals surface area contributed by atoms with Crippen LogP contribution in [-0.2, 0) is 11.8 Å². The molecule has 66 heavy (non-hydrogen) atoms. The minimum absolute atomic E-state index is 0.0155. The molecule has 0 radical (unpaired) electrons. The van der Waals surface area contributed by atoms with Crippen molar-refractivity contribution in [3.05, 3.63) is 52.9 Å². The van der Waals surface area contributed by atoms with Crippen molar-refractivity contribution in [1.29, 1.82) is 0 Å². The molecule has 4 rings (SSSR count). The van der Waals surface area contributed by atoms with Gasteiger partial charge in [0.1, 0.15) is 0 Å². The first-order valence-corrected chi connectivity index (χ1v) is 19.8. The molecule has 4 aromatic heterocycles. The molecule has 0 aliphatic rings. The summed E-state index contributed by atoms with van der Waals surface area (Å²) >= 11 is -0.623. The summed E-state index contributed by atoms with van der Waals surface area (Å²) in [5.74, 6) is -98.2. The fourth-order valence-electron chi connectivity index (χ4n) is 5.00. The second-order valence-corrected chi connectivity index (χ2v) is 17.8. The van der Waals surface area contributed by atoms with Gasteiger partial charge in [0.2, 0.25) is 0 Å². The van der Waals surface area contributed by atoms with E-state index in [2.05, 4.69) is 0 Å². The van der Waals surface area contributed by atoms with E-state index in [1.165, 1.54) is 0 Å². The Labute approximate surface area is 367 Å². The highest BCUT2D eigenvalue weighted by atomic mass is 32.2. The van der Waals surface area contributed by atoms with Crippen LogP contribution in [-0.4, -0.2) is 77.8 Å². The Bertz CT molecular complexity index is 2470. The normalized spacial score (nSPS) is 16.0. The molecule has 0 unspecified atom stereocenters. The Kier molecular flexibility index (Phi) is 12.7. The molecule has 0 aliphatic heterocycles. The van der Waals surface area contributed by atoms with E-state index < -0.39 is 157 Å². The van der Waals surface area contributed by atoms with Crippen LogP contribution in [0.15, 0.2) is 46.0 Å². The van der Waals surface area contributed by atoms with Crippen LogP contribution in [0.4, 0.5) is 132 Å². The zero-order valence-electron chi connectivity index (χ0n) is 31.6. The fraction of sp³-hybridized carbons (Fsp3) is 0.484. The summed E-state index contributed by atoms with van der Waals surface area (Å²) in [6.45, 7) is 0. The summed E-state index contributed by atoms with van der Waals surface area (Å²) in [5.41, 5.74) is -5.24. The Morgan fingerprint density at radius 1 is 0.379 bits per heavy atom. The van der Waals surface area contributed by atoms with Gasteiger partial charge in [0.15, 0.2) is 0 Å². The van der Waals surface area contributed by atoms with Gasteiger partial charge in [0.05, 0.1) is 15.3 Å². The van der Waals surface area contributed by atoms with Gasteiger partial charge in [-0.1, -0.05) is 0 Å². The number of alkyl halides is 30. The number of hydrogen-bond acceptors (Lipinski definition) is 5. The van der Waals surface area contributed by atoms with Gasteiger partial charge >= 0.3 is 83.4 Å². The number of thiophene rings is 4. The van der Waals surface area contributed by atoms with Gasteiger partial charge in [0.25, 0.3) is 0 Å². The summed E-state index contributed by atoms with van der Waals surface area (Å²) in [6, 6.07) is 1.64.